The average Bonchev–Trinajstić information content (AvgIpc) is 2.17. The van der Waals surface area contributed by atoms with Crippen molar-refractivity contribution in [1.29, 1.82) is 0 Å². The Morgan fingerprint density at radius 3 is 2.31 bits per heavy atom. The van der Waals surface area contributed by atoms with Gasteiger partial charge in [0, 0.05) is 32.2 Å². The molecule has 1 aliphatic heterocycles. The van der Waals surface area contributed by atoms with Crippen molar-refractivity contribution < 1.29 is 9.90 Å². The average molecular weight is 186 g/mol. The molecular formula is C9H18N2O2. The molecule has 0 aromatic heterocycles. The van der Waals surface area contributed by atoms with Crippen LogP contribution in [0.1, 0.15) is 20.3 Å². The van der Waals surface area contributed by atoms with E-state index in [1.807, 2.05) is 0 Å². The summed E-state index contributed by atoms with van der Waals surface area (Å²) in [7, 11) is 0. The van der Waals surface area contributed by atoms with Crippen LogP contribution in [0.15, 0.2) is 0 Å². The second-order valence-electron chi connectivity index (χ2n) is 3.56. The van der Waals surface area contributed by atoms with Gasteiger partial charge in [-0.25, -0.2) is 4.79 Å². The van der Waals surface area contributed by atoms with E-state index in [2.05, 4.69) is 18.7 Å². The SMILES string of the molecule is CCC(C)N1CCN(C(=O)O)CC1. The topological polar surface area (TPSA) is 43.8 Å². The quantitative estimate of drug-likeness (QED) is 0.701. The van der Waals surface area contributed by atoms with Gasteiger partial charge in [-0.2, -0.15) is 0 Å². The first-order valence-corrected chi connectivity index (χ1v) is 4.87. The number of nitrogens with zero attached hydrogens (tertiary/aromatic N) is 2. The fraction of sp³-hybridized carbons (Fsp3) is 0.889. The molecule has 13 heavy (non-hydrogen) atoms. The normalized spacial score (nSPS) is 21.5. The van der Waals surface area contributed by atoms with Crippen LogP contribution in [0.5, 0.6) is 0 Å². The molecule has 1 amide bonds. The fourth-order valence-corrected chi connectivity index (χ4v) is 1.61. The van der Waals surface area contributed by atoms with E-state index in [-0.39, 0.29) is 0 Å². The summed E-state index contributed by atoms with van der Waals surface area (Å²) in [6.07, 6.45) is 0.344. The van der Waals surface area contributed by atoms with Crippen LogP contribution in [0.25, 0.3) is 0 Å². The van der Waals surface area contributed by atoms with Crippen LogP contribution in [0.2, 0.25) is 0 Å². The van der Waals surface area contributed by atoms with Crippen molar-refractivity contribution in [2.45, 2.75) is 26.3 Å². The Balaban J connectivity index is 2.34. The summed E-state index contributed by atoms with van der Waals surface area (Å²) in [5.74, 6) is 0. The second-order valence-corrected chi connectivity index (χ2v) is 3.56. The van der Waals surface area contributed by atoms with Crippen LogP contribution >= 0.6 is 0 Å². The van der Waals surface area contributed by atoms with Crippen molar-refractivity contribution in [1.82, 2.24) is 9.80 Å². The maximum absolute atomic E-state index is 10.6. The predicted molar refractivity (Wildman–Crippen MR) is 50.9 cm³/mol. The highest BCUT2D eigenvalue weighted by molar-refractivity contribution is 5.65. The third-order valence-electron chi connectivity index (χ3n) is 2.80. The van der Waals surface area contributed by atoms with Gasteiger partial charge in [-0.05, 0) is 13.3 Å². The molecule has 1 unspecified atom stereocenters. The molecule has 1 rings (SSSR count). The van der Waals surface area contributed by atoms with Crippen molar-refractivity contribution in [3.8, 4) is 0 Å². The Morgan fingerprint density at radius 2 is 1.92 bits per heavy atom. The van der Waals surface area contributed by atoms with Crippen LogP contribution in [-0.4, -0.2) is 53.2 Å². The van der Waals surface area contributed by atoms with Gasteiger partial charge >= 0.3 is 6.09 Å². The van der Waals surface area contributed by atoms with Crippen molar-refractivity contribution in [2.24, 2.45) is 0 Å². The summed E-state index contributed by atoms with van der Waals surface area (Å²) in [4.78, 5) is 14.4. The van der Waals surface area contributed by atoms with E-state index in [1.165, 1.54) is 4.90 Å². The lowest BCUT2D eigenvalue weighted by atomic mass is 10.2. The molecule has 0 aliphatic carbocycles. The molecule has 76 valence electrons. The molecule has 0 radical (unpaired) electrons. The Labute approximate surface area is 79.1 Å². The highest BCUT2D eigenvalue weighted by Crippen LogP contribution is 2.08. The zero-order valence-corrected chi connectivity index (χ0v) is 8.36. The standard InChI is InChI=1S/C9H18N2O2/c1-3-8(2)10-4-6-11(7-5-10)9(12)13/h8H,3-7H2,1-2H3,(H,12,13). The Hall–Kier alpha value is -0.770. The predicted octanol–water partition coefficient (Wildman–Crippen LogP) is 1.08. The van der Waals surface area contributed by atoms with Gasteiger partial charge < -0.3 is 10.0 Å². The first kappa shape index (κ1) is 10.3. The maximum atomic E-state index is 10.6. The summed E-state index contributed by atoms with van der Waals surface area (Å²) in [5.41, 5.74) is 0. The minimum atomic E-state index is -0.788. The molecular weight excluding hydrogens is 168 g/mol. The molecule has 0 spiro atoms. The van der Waals surface area contributed by atoms with Crippen molar-refractivity contribution in [3.63, 3.8) is 0 Å². The van der Waals surface area contributed by atoms with E-state index >= 15 is 0 Å². The number of carboxylic acid groups (broad SMARTS) is 1. The molecule has 0 aromatic rings. The summed E-state index contributed by atoms with van der Waals surface area (Å²) in [6, 6.07) is 0.580. The number of rotatable bonds is 2. The molecule has 4 heteroatoms. The van der Waals surface area contributed by atoms with E-state index < -0.39 is 6.09 Å². The molecule has 1 atom stereocenters. The molecule has 1 saturated heterocycles. The molecule has 1 N–H and O–H groups in total. The minimum Gasteiger partial charge on any atom is -0.465 e. The first-order chi connectivity index (χ1) is 6.15. The minimum absolute atomic E-state index is 0.580. The molecule has 1 aliphatic rings. The Kier molecular flexibility index (Phi) is 3.54. The van der Waals surface area contributed by atoms with Crippen LogP contribution in [0, 0.1) is 0 Å². The second kappa shape index (κ2) is 4.46. The molecule has 0 aromatic carbocycles. The van der Waals surface area contributed by atoms with Crippen LogP contribution in [0.3, 0.4) is 0 Å². The number of carbonyl (C=O) groups is 1. The van der Waals surface area contributed by atoms with E-state index in [9.17, 15) is 4.79 Å². The smallest absolute Gasteiger partial charge is 0.407 e. The first-order valence-electron chi connectivity index (χ1n) is 4.87. The monoisotopic (exact) mass is 186 g/mol. The molecule has 0 bridgehead atoms. The lowest BCUT2D eigenvalue weighted by Gasteiger charge is -2.36. The molecule has 0 saturated carbocycles. The molecule has 1 heterocycles. The Morgan fingerprint density at radius 1 is 1.38 bits per heavy atom. The van der Waals surface area contributed by atoms with Crippen LogP contribution in [-0.2, 0) is 0 Å². The lowest BCUT2D eigenvalue weighted by Crippen LogP contribution is -2.50. The number of piperazine rings is 1. The summed E-state index contributed by atoms with van der Waals surface area (Å²) in [6.45, 7) is 7.41. The van der Waals surface area contributed by atoms with Crippen molar-refractivity contribution in [3.05, 3.63) is 0 Å². The van der Waals surface area contributed by atoms with Gasteiger partial charge in [0.05, 0.1) is 0 Å². The zero-order valence-electron chi connectivity index (χ0n) is 8.36. The van der Waals surface area contributed by atoms with E-state index in [0.29, 0.717) is 19.1 Å². The van der Waals surface area contributed by atoms with Crippen LogP contribution in [0.4, 0.5) is 4.79 Å². The number of amides is 1. The largest absolute Gasteiger partial charge is 0.465 e. The van der Waals surface area contributed by atoms with Gasteiger partial charge in [0.1, 0.15) is 0 Å². The van der Waals surface area contributed by atoms with Gasteiger partial charge in [-0.1, -0.05) is 6.92 Å². The van der Waals surface area contributed by atoms with Crippen molar-refractivity contribution in [2.75, 3.05) is 26.2 Å². The summed E-state index contributed by atoms with van der Waals surface area (Å²) in [5, 5.41) is 8.73. The molecule has 4 nitrogen and oxygen atoms in total. The van der Waals surface area contributed by atoms with Gasteiger partial charge in [0.25, 0.3) is 0 Å². The Bertz CT molecular complexity index is 176. The van der Waals surface area contributed by atoms with Gasteiger partial charge in [0.15, 0.2) is 0 Å². The van der Waals surface area contributed by atoms with E-state index in [1.54, 1.807) is 0 Å². The van der Waals surface area contributed by atoms with E-state index in [4.69, 9.17) is 5.11 Å². The van der Waals surface area contributed by atoms with Gasteiger partial charge in [-0.15, -0.1) is 0 Å². The fourth-order valence-electron chi connectivity index (χ4n) is 1.61. The maximum Gasteiger partial charge on any atom is 0.407 e. The summed E-state index contributed by atoms with van der Waals surface area (Å²) < 4.78 is 0. The summed E-state index contributed by atoms with van der Waals surface area (Å²) >= 11 is 0. The third-order valence-corrected chi connectivity index (χ3v) is 2.80. The number of hydrogen-bond donors (Lipinski definition) is 1. The van der Waals surface area contributed by atoms with Gasteiger partial charge in [0.2, 0.25) is 0 Å². The third kappa shape index (κ3) is 2.59. The zero-order chi connectivity index (χ0) is 9.84. The lowest BCUT2D eigenvalue weighted by molar-refractivity contribution is 0.0880. The van der Waals surface area contributed by atoms with Crippen molar-refractivity contribution >= 4 is 6.09 Å². The van der Waals surface area contributed by atoms with Crippen LogP contribution < -0.4 is 0 Å². The van der Waals surface area contributed by atoms with E-state index in [0.717, 1.165) is 19.5 Å². The molecule has 1 fully saturated rings. The highest BCUT2D eigenvalue weighted by Gasteiger charge is 2.22. The van der Waals surface area contributed by atoms with Gasteiger partial charge in [-0.3, -0.25) is 4.90 Å². The highest BCUT2D eigenvalue weighted by atomic mass is 16.4. The number of hydrogen-bond acceptors (Lipinski definition) is 2.